The molecule has 0 amide bonds. The normalized spacial score (nSPS) is 11.1. The second-order valence-electron chi connectivity index (χ2n) is 3.40. The highest BCUT2D eigenvalue weighted by Gasteiger charge is 2.08. The van der Waals surface area contributed by atoms with E-state index in [1.807, 2.05) is 24.1 Å². The summed E-state index contributed by atoms with van der Waals surface area (Å²) in [6.45, 7) is 5.05. The Hall–Kier alpha value is -1.10. The van der Waals surface area contributed by atoms with Crippen molar-refractivity contribution in [3.8, 4) is 0 Å². The fourth-order valence-electron chi connectivity index (χ4n) is 1.54. The van der Waals surface area contributed by atoms with Crippen LogP contribution in [-0.4, -0.2) is 26.0 Å². The van der Waals surface area contributed by atoms with Crippen molar-refractivity contribution in [2.75, 3.05) is 6.26 Å². The minimum absolute atomic E-state index is 0.817. The van der Waals surface area contributed by atoms with E-state index in [1.165, 1.54) is 0 Å². The minimum Gasteiger partial charge on any atom is -0.247 e. The van der Waals surface area contributed by atoms with E-state index in [0.717, 1.165) is 34.8 Å². The molecule has 0 atom stereocenters. The standard InChI is InChI=1S/C10H14N4S/c1-4-5-14-9-8(6-11-14)7(2)12-10(13-9)15-3/h6H,4-5H2,1-3H3. The largest absolute Gasteiger partial charge is 0.247 e. The second kappa shape index (κ2) is 4.18. The van der Waals surface area contributed by atoms with Crippen LogP contribution in [0.5, 0.6) is 0 Å². The van der Waals surface area contributed by atoms with Crippen LogP contribution in [0.25, 0.3) is 11.0 Å². The Balaban J connectivity index is 2.61. The fraction of sp³-hybridized carbons (Fsp3) is 0.500. The zero-order valence-electron chi connectivity index (χ0n) is 9.19. The zero-order valence-corrected chi connectivity index (χ0v) is 10.0. The number of hydrogen-bond donors (Lipinski definition) is 0. The Labute approximate surface area is 93.1 Å². The lowest BCUT2D eigenvalue weighted by atomic mass is 10.3. The molecular formula is C10H14N4S. The first-order valence-electron chi connectivity index (χ1n) is 5.00. The molecule has 2 aromatic heterocycles. The minimum atomic E-state index is 0.817. The summed E-state index contributed by atoms with van der Waals surface area (Å²) < 4.78 is 1.95. The van der Waals surface area contributed by atoms with Gasteiger partial charge >= 0.3 is 0 Å². The second-order valence-corrected chi connectivity index (χ2v) is 4.17. The lowest BCUT2D eigenvalue weighted by molar-refractivity contribution is 0.614. The van der Waals surface area contributed by atoms with Crippen LogP contribution in [0.3, 0.4) is 0 Å². The molecule has 0 saturated heterocycles. The average molecular weight is 222 g/mol. The molecule has 5 heteroatoms. The first-order chi connectivity index (χ1) is 7.26. The molecule has 0 saturated carbocycles. The van der Waals surface area contributed by atoms with Crippen molar-refractivity contribution in [1.82, 2.24) is 19.7 Å². The molecule has 0 spiro atoms. The van der Waals surface area contributed by atoms with E-state index in [-0.39, 0.29) is 0 Å². The van der Waals surface area contributed by atoms with Gasteiger partial charge in [-0.25, -0.2) is 14.6 Å². The van der Waals surface area contributed by atoms with E-state index in [4.69, 9.17) is 0 Å². The van der Waals surface area contributed by atoms with Crippen molar-refractivity contribution in [2.24, 2.45) is 0 Å². The number of fused-ring (bicyclic) bond motifs is 1. The van der Waals surface area contributed by atoms with Crippen molar-refractivity contribution < 1.29 is 0 Å². The summed E-state index contributed by atoms with van der Waals surface area (Å²) in [5, 5.41) is 6.20. The zero-order chi connectivity index (χ0) is 10.8. The summed E-state index contributed by atoms with van der Waals surface area (Å²) in [6, 6.07) is 0. The Morgan fingerprint density at radius 3 is 2.87 bits per heavy atom. The summed E-state index contributed by atoms with van der Waals surface area (Å²) in [5.74, 6) is 0. The van der Waals surface area contributed by atoms with Crippen LogP contribution in [0.2, 0.25) is 0 Å². The topological polar surface area (TPSA) is 43.6 Å². The third kappa shape index (κ3) is 1.84. The van der Waals surface area contributed by atoms with E-state index in [0.29, 0.717) is 0 Å². The highest BCUT2D eigenvalue weighted by Crippen LogP contribution is 2.18. The Morgan fingerprint density at radius 1 is 1.40 bits per heavy atom. The molecule has 0 aliphatic carbocycles. The number of nitrogens with zero attached hydrogens (tertiary/aromatic N) is 4. The van der Waals surface area contributed by atoms with Gasteiger partial charge in [-0.2, -0.15) is 5.10 Å². The number of aromatic nitrogens is 4. The molecule has 2 heterocycles. The van der Waals surface area contributed by atoms with Crippen LogP contribution in [0, 0.1) is 6.92 Å². The third-order valence-electron chi connectivity index (χ3n) is 2.28. The predicted molar refractivity (Wildman–Crippen MR) is 62.1 cm³/mol. The number of thioether (sulfide) groups is 1. The summed E-state index contributed by atoms with van der Waals surface area (Å²) in [6.07, 6.45) is 4.90. The van der Waals surface area contributed by atoms with Gasteiger partial charge in [0.1, 0.15) is 0 Å². The molecule has 0 fully saturated rings. The highest BCUT2D eigenvalue weighted by atomic mass is 32.2. The first kappa shape index (κ1) is 10.4. The SMILES string of the molecule is CCCn1ncc2c(C)nc(SC)nc21. The van der Waals surface area contributed by atoms with Crippen LogP contribution in [0.15, 0.2) is 11.4 Å². The summed E-state index contributed by atoms with van der Waals surface area (Å²) in [7, 11) is 0. The van der Waals surface area contributed by atoms with Crippen molar-refractivity contribution >= 4 is 22.8 Å². The van der Waals surface area contributed by atoms with Crippen LogP contribution in [0.1, 0.15) is 19.0 Å². The average Bonchev–Trinajstić information content (AvgIpc) is 2.63. The van der Waals surface area contributed by atoms with Gasteiger partial charge < -0.3 is 0 Å². The van der Waals surface area contributed by atoms with Crippen molar-refractivity contribution in [3.63, 3.8) is 0 Å². The van der Waals surface area contributed by atoms with E-state index < -0.39 is 0 Å². The van der Waals surface area contributed by atoms with Crippen molar-refractivity contribution in [2.45, 2.75) is 32.0 Å². The molecule has 0 aromatic carbocycles. The maximum Gasteiger partial charge on any atom is 0.189 e. The Kier molecular flexibility index (Phi) is 2.90. The van der Waals surface area contributed by atoms with Gasteiger partial charge in [-0.15, -0.1) is 0 Å². The molecule has 0 unspecified atom stereocenters. The number of rotatable bonds is 3. The number of aryl methyl sites for hydroxylation is 2. The van der Waals surface area contributed by atoms with Gasteiger partial charge in [-0.1, -0.05) is 18.7 Å². The van der Waals surface area contributed by atoms with E-state index in [9.17, 15) is 0 Å². The van der Waals surface area contributed by atoms with Gasteiger partial charge in [0, 0.05) is 6.54 Å². The number of hydrogen-bond acceptors (Lipinski definition) is 4. The molecule has 0 aliphatic heterocycles. The predicted octanol–water partition coefficient (Wildman–Crippen LogP) is 2.27. The van der Waals surface area contributed by atoms with Gasteiger partial charge in [0.15, 0.2) is 10.8 Å². The van der Waals surface area contributed by atoms with Gasteiger partial charge in [-0.05, 0) is 19.6 Å². The molecule has 0 N–H and O–H groups in total. The highest BCUT2D eigenvalue weighted by molar-refractivity contribution is 7.98. The Bertz CT molecular complexity index is 477. The lowest BCUT2D eigenvalue weighted by Gasteiger charge is -2.02. The van der Waals surface area contributed by atoms with Crippen LogP contribution < -0.4 is 0 Å². The monoisotopic (exact) mass is 222 g/mol. The molecule has 0 bridgehead atoms. The van der Waals surface area contributed by atoms with Crippen LogP contribution in [0.4, 0.5) is 0 Å². The van der Waals surface area contributed by atoms with Crippen molar-refractivity contribution in [1.29, 1.82) is 0 Å². The van der Waals surface area contributed by atoms with Gasteiger partial charge in [0.2, 0.25) is 0 Å². The van der Waals surface area contributed by atoms with Crippen LogP contribution >= 0.6 is 11.8 Å². The summed E-state index contributed by atoms with van der Waals surface area (Å²) >= 11 is 1.56. The van der Waals surface area contributed by atoms with Gasteiger partial charge in [-0.3, -0.25) is 0 Å². The van der Waals surface area contributed by atoms with Crippen LogP contribution in [-0.2, 0) is 6.54 Å². The fourth-order valence-corrected chi connectivity index (χ4v) is 1.94. The third-order valence-corrected chi connectivity index (χ3v) is 2.83. The molecule has 2 aromatic rings. The molecule has 2 rings (SSSR count). The quantitative estimate of drug-likeness (QED) is 0.590. The van der Waals surface area contributed by atoms with Gasteiger partial charge in [0.25, 0.3) is 0 Å². The molecule has 4 nitrogen and oxygen atoms in total. The Morgan fingerprint density at radius 2 is 2.20 bits per heavy atom. The summed E-state index contributed by atoms with van der Waals surface area (Å²) in [5.41, 5.74) is 1.96. The maximum absolute atomic E-state index is 4.49. The van der Waals surface area contributed by atoms with E-state index in [1.54, 1.807) is 11.8 Å². The van der Waals surface area contributed by atoms with Gasteiger partial charge in [0.05, 0.1) is 17.3 Å². The van der Waals surface area contributed by atoms with E-state index >= 15 is 0 Å². The molecule has 15 heavy (non-hydrogen) atoms. The maximum atomic E-state index is 4.49. The van der Waals surface area contributed by atoms with Crippen molar-refractivity contribution in [3.05, 3.63) is 11.9 Å². The molecule has 80 valence electrons. The molecule has 0 aliphatic rings. The molecular weight excluding hydrogens is 208 g/mol. The summed E-state index contributed by atoms with van der Waals surface area (Å²) in [4.78, 5) is 8.88. The molecule has 0 radical (unpaired) electrons. The van der Waals surface area contributed by atoms with E-state index in [2.05, 4.69) is 22.0 Å². The first-order valence-corrected chi connectivity index (χ1v) is 6.23. The lowest BCUT2D eigenvalue weighted by Crippen LogP contribution is -2.01. The smallest absolute Gasteiger partial charge is 0.189 e.